The second-order valence-electron chi connectivity index (χ2n) is 7.09. The number of ketones is 2. The highest BCUT2D eigenvalue weighted by atomic mass is 19.4. The molecule has 1 amide bonds. The molecule has 0 spiro atoms. The van der Waals surface area contributed by atoms with Gasteiger partial charge in [-0.2, -0.15) is 18.4 Å². The summed E-state index contributed by atoms with van der Waals surface area (Å²) < 4.78 is 53.6. The molecule has 0 unspecified atom stereocenters. The van der Waals surface area contributed by atoms with E-state index in [1.807, 2.05) is 0 Å². The molecule has 0 aliphatic rings. The Morgan fingerprint density at radius 3 is 2.44 bits per heavy atom. The second-order valence-corrected chi connectivity index (χ2v) is 7.09. The van der Waals surface area contributed by atoms with Crippen molar-refractivity contribution in [2.24, 2.45) is 13.0 Å². The van der Waals surface area contributed by atoms with Gasteiger partial charge in [0.25, 0.3) is 5.91 Å². The van der Waals surface area contributed by atoms with E-state index in [0.29, 0.717) is 6.08 Å². The van der Waals surface area contributed by atoms with Crippen molar-refractivity contribution < 1.29 is 31.9 Å². The number of benzene rings is 1. The number of nitriles is 1. The Morgan fingerprint density at radius 2 is 1.91 bits per heavy atom. The molecule has 0 aliphatic carbocycles. The summed E-state index contributed by atoms with van der Waals surface area (Å²) in [5.74, 6) is -6.04. The van der Waals surface area contributed by atoms with Crippen LogP contribution in [0.1, 0.15) is 44.1 Å². The molecule has 32 heavy (non-hydrogen) atoms. The number of hydrogen-bond acceptors (Lipinski definition) is 4. The molecule has 0 fully saturated rings. The van der Waals surface area contributed by atoms with Gasteiger partial charge in [-0.05, 0) is 37.6 Å². The zero-order valence-corrected chi connectivity index (χ0v) is 17.4. The quantitative estimate of drug-likeness (QED) is 0.293. The number of alkyl halides is 3. The summed E-state index contributed by atoms with van der Waals surface area (Å²) in [5.41, 5.74) is -0.0303. The van der Waals surface area contributed by atoms with Gasteiger partial charge in [0, 0.05) is 24.8 Å². The average Bonchev–Trinajstić information content (AvgIpc) is 2.94. The van der Waals surface area contributed by atoms with Gasteiger partial charge in [0.15, 0.2) is 0 Å². The van der Waals surface area contributed by atoms with Gasteiger partial charge >= 0.3 is 6.18 Å². The van der Waals surface area contributed by atoms with Crippen LogP contribution in [0.25, 0.3) is 0 Å². The molecule has 10 heteroatoms. The molecule has 0 aliphatic heterocycles. The minimum Gasteiger partial charge on any atom is -0.343 e. The van der Waals surface area contributed by atoms with Crippen molar-refractivity contribution in [2.75, 3.05) is 5.32 Å². The summed E-state index contributed by atoms with van der Waals surface area (Å²) in [6.45, 7) is 5.90. The molecular formula is C22H19F4N3O3. The molecule has 0 radical (unpaired) electrons. The lowest BCUT2D eigenvalue weighted by Crippen LogP contribution is -2.27. The topological polar surface area (TPSA) is 92.0 Å². The normalized spacial score (nSPS) is 12.1. The number of amides is 1. The molecule has 168 valence electrons. The highest BCUT2D eigenvalue weighted by Crippen LogP contribution is 2.31. The SMILES string of the molecule is C=C[C@H](CC(=O)C(=O)c1c(C)c(C(=O)Nc2ccc(F)c(C#N)c2)n(C)c1C)C(F)(F)F. The summed E-state index contributed by atoms with van der Waals surface area (Å²) in [4.78, 5) is 37.7. The first-order valence-electron chi connectivity index (χ1n) is 9.27. The molecule has 1 atom stereocenters. The van der Waals surface area contributed by atoms with Gasteiger partial charge in [0.05, 0.1) is 17.0 Å². The Morgan fingerprint density at radius 1 is 1.28 bits per heavy atom. The van der Waals surface area contributed by atoms with Crippen molar-refractivity contribution in [3.8, 4) is 6.07 Å². The second kappa shape index (κ2) is 9.18. The molecule has 0 saturated heterocycles. The molecule has 2 aromatic rings. The number of nitrogens with zero attached hydrogens (tertiary/aromatic N) is 2. The Labute approximate surface area is 181 Å². The number of anilines is 1. The number of hydrogen-bond donors (Lipinski definition) is 1. The third kappa shape index (κ3) is 4.77. The van der Waals surface area contributed by atoms with E-state index in [1.54, 1.807) is 6.07 Å². The zero-order chi connectivity index (χ0) is 24.4. The van der Waals surface area contributed by atoms with Gasteiger partial charge < -0.3 is 9.88 Å². The fourth-order valence-electron chi connectivity index (χ4n) is 3.28. The molecule has 1 aromatic heterocycles. The fourth-order valence-corrected chi connectivity index (χ4v) is 3.28. The number of Topliss-reactive ketones (excluding diaryl/α,β-unsaturated/α-hetero) is 2. The minimum atomic E-state index is -4.72. The molecule has 1 heterocycles. The number of rotatable bonds is 7. The Bertz CT molecular complexity index is 1160. The van der Waals surface area contributed by atoms with Gasteiger partial charge in [-0.25, -0.2) is 4.39 Å². The van der Waals surface area contributed by atoms with Crippen LogP contribution in [0.3, 0.4) is 0 Å². The lowest BCUT2D eigenvalue weighted by molar-refractivity contribution is -0.164. The third-order valence-corrected chi connectivity index (χ3v) is 5.08. The van der Waals surface area contributed by atoms with E-state index >= 15 is 0 Å². The van der Waals surface area contributed by atoms with E-state index in [-0.39, 0.29) is 33.8 Å². The largest absolute Gasteiger partial charge is 0.395 e. The first-order chi connectivity index (χ1) is 14.8. The van der Waals surface area contributed by atoms with Crippen molar-refractivity contribution in [1.29, 1.82) is 5.26 Å². The standard InChI is InChI=1S/C22H19F4N3O3/c1-5-14(22(24,25)26)9-17(30)20(31)18-11(2)19(29(4)12(18)3)21(32)28-15-6-7-16(23)13(8-15)10-27/h5-8,14H,1,9H2,2-4H3,(H,28,32)/t14-/m1/s1. The zero-order valence-electron chi connectivity index (χ0n) is 17.4. The number of allylic oxidation sites excluding steroid dienone is 1. The summed E-state index contributed by atoms with van der Waals surface area (Å²) in [6, 6.07) is 5.01. The third-order valence-electron chi connectivity index (χ3n) is 5.08. The summed E-state index contributed by atoms with van der Waals surface area (Å²) in [6.07, 6.45) is -5.25. The van der Waals surface area contributed by atoms with Crippen LogP contribution in [0, 0.1) is 36.9 Å². The predicted octanol–water partition coefficient (Wildman–Crippen LogP) is 4.41. The maximum Gasteiger partial charge on any atom is 0.395 e. The van der Waals surface area contributed by atoms with Crippen LogP contribution in [0.4, 0.5) is 23.2 Å². The van der Waals surface area contributed by atoms with Crippen molar-refractivity contribution in [3.63, 3.8) is 0 Å². The highest BCUT2D eigenvalue weighted by Gasteiger charge is 2.40. The lowest BCUT2D eigenvalue weighted by atomic mass is 9.95. The van der Waals surface area contributed by atoms with E-state index in [9.17, 15) is 31.9 Å². The van der Waals surface area contributed by atoms with Gasteiger partial charge in [-0.15, -0.1) is 6.58 Å². The number of halogens is 4. The van der Waals surface area contributed by atoms with Crippen LogP contribution in [0.2, 0.25) is 0 Å². The van der Waals surface area contributed by atoms with E-state index < -0.39 is 41.8 Å². The maximum atomic E-state index is 13.5. The van der Waals surface area contributed by atoms with Crippen LogP contribution in [-0.2, 0) is 11.8 Å². The van der Waals surface area contributed by atoms with Crippen molar-refractivity contribution in [2.45, 2.75) is 26.4 Å². The molecule has 1 aromatic carbocycles. The van der Waals surface area contributed by atoms with Crippen LogP contribution >= 0.6 is 0 Å². The summed E-state index contributed by atoms with van der Waals surface area (Å²) in [5, 5.41) is 11.4. The smallest absolute Gasteiger partial charge is 0.343 e. The number of aromatic nitrogens is 1. The monoisotopic (exact) mass is 449 g/mol. The Hall–Kier alpha value is -3.74. The van der Waals surface area contributed by atoms with E-state index in [0.717, 1.165) is 12.1 Å². The molecular weight excluding hydrogens is 430 g/mol. The number of nitrogens with one attached hydrogen (secondary N) is 1. The maximum absolute atomic E-state index is 13.5. The Balaban J connectivity index is 2.37. The lowest BCUT2D eigenvalue weighted by Gasteiger charge is -2.15. The predicted molar refractivity (Wildman–Crippen MR) is 108 cm³/mol. The van der Waals surface area contributed by atoms with Crippen LogP contribution < -0.4 is 5.32 Å². The van der Waals surface area contributed by atoms with Gasteiger partial charge in [0.2, 0.25) is 11.6 Å². The highest BCUT2D eigenvalue weighted by molar-refractivity contribution is 6.44. The van der Waals surface area contributed by atoms with Gasteiger partial charge in [-0.3, -0.25) is 14.4 Å². The molecule has 0 bridgehead atoms. The molecule has 2 rings (SSSR count). The first-order valence-corrected chi connectivity index (χ1v) is 9.27. The minimum absolute atomic E-state index is 0.0161. The molecule has 0 saturated carbocycles. The number of carbonyl (C=O) groups excluding carboxylic acids is 3. The first kappa shape index (κ1) is 24.5. The molecule has 1 N–H and O–H groups in total. The van der Waals surface area contributed by atoms with E-state index in [2.05, 4.69) is 11.9 Å². The van der Waals surface area contributed by atoms with Crippen LogP contribution in [0.5, 0.6) is 0 Å². The fraction of sp³-hybridized carbons (Fsp3) is 0.273. The summed E-state index contributed by atoms with van der Waals surface area (Å²) >= 11 is 0. The van der Waals surface area contributed by atoms with Gasteiger partial charge in [0.1, 0.15) is 17.6 Å². The number of carbonyl (C=O) groups is 3. The Kier molecular flexibility index (Phi) is 7.03. The van der Waals surface area contributed by atoms with Crippen molar-refractivity contribution in [3.05, 3.63) is 64.7 Å². The van der Waals surface area contributed by atoms with Crippen molar-refractivity contribution >= 4 is 23.2 Å². The van der Waals surface area contributed by atoms with E-state index in [1.165, 1.54) is 31.5 Å². The van der Waals surface area contributed by atoms with E-state index in [4.69, 9.17) is 5.26 Å². The summed E-state index contributed by atoms with van der Waals surface area (Å²) in [7, 11) is 1.45. The van der Waals surface area contributed by atoms with Crippen LogP contribution in [0.15, 0.2) is 30.9 Å². The average molecular weight is 449 g/mol. The van der Waals surface area contributed by atoms with Crippen LogP contribution in [-0.4, -0.2) is 28.2 Å². The van der Waals surface area contributed by atoms with Crippen molar-refractivity contribution in [1.82, 2.24) is 4.57 Å². The van der Waals surface area contributed by atoms with Gasteiger partial charge in [-0.1, -0.05) is 6.08 Å². The molecule has 6 nitrogen and oxygen atoms in total.